The molecule has 0 radical (unpaired) electrons. The summed E-state index contributed by atoms with van der Waals surface area (Å²) in [5.74, 6) is -0.539. The minimum atomic E-state index is -0.287. The Bertz CT molecular complexity index is 477. The topological polar surface area (TPSA) is 0 Å². The lowest BCUT2D eigenvalue weighted by Gasteiger charge is -2.05. The Morgan fingerprint density at radius 2 is 1.53 bits per heavy atom. The molecule has 0 atom stereocenters. The highest BCUT2D eigenvalue weighted by atomic mass is 127. The molecule has 2 aromatic carbocycles. The lowest BCUT2D eigenvalue weighted by atomic mass is 10.1. The maximum absolute atomic E-state index is 13.3. The van der Waals surface area contributed by atoms with E-state index in [0.717, 1.165) is 11.1 Å². The summed E-state index contributed by atoms with van der Waals surface area (Å²) in [4.78, 5) is 0. The molecule has 0 nitrogen and oxygen atoms in total. The van der Waals surface area contributed by atoms with Crippen molar-refractivity contribution in [3.63, 3.8) is 0 Å². The molecule has 0 heterocycles. The molecule has 0 aromatic heterocycles. The van der Waals surface area contributed by atoms with E-state index in [1.165, 1.54) is 18.2 Å². The molecule has 0 fully saturated rings. The van der Waals surface area contributed by atoms with Crippen molar-refractivity contribution in [2.24, 2.45) is 0 Å². The van der Waals surface area contributed by atoms with Crippen LogP contribution >= 0.6 is 22.6 Å². The van der Waals surface area contributed by atoms with E-state index < -0.39 is 0 Å². The molecule has 3 heteroatoms. The second-order valence-electron chi connectivity index (χ2n) is 3.11. The van der Waals surface area contributed by atoms with Gasteiger partial charge in [-0.3, -0.25) is 0 Å². The lowest BCUT2D eigenvalue weighted by Crippen LogP contribution is -1.87. The molecule has 0 spiro atoms. The molecule has 0 N–H and O–H groups in total. The van der Waals surface area contributed by atoms with Gasteiger partial charge in [0.25, 0.3) is 0 Å². The third-order valence-electron chi connectivity index (χ3n) is 2.11. The molecule has 2 aromatic rings. The monoisotopic (exact) mass is 316 g/mol. The van der Waals surface area contributed by atoms with Gasteiger partial charge in [0.2, 0.25) is 0 Å². The van der Waals surface area contributed by atoms with Gasteiger partial charge in [-0.05, 0) is 51.9 Å². The molecule has 15 heavy (non-hydrogen) atoms. The third kappa shape index (κ3) is 2.17. The second-order valence-corrected chi connectivity index (χ2v) is 4.19. The van der Waals surface area contributed by atoms with E-state index in [4.69, 9.17) is 0 Å². The Kier molecular flexibility index (Phi) is 3.00. The van der Waals surface area contributed by atoms with Crippen LogP contribution in [0.2, 0.25) is 0 Å². The summed E-state index contributed by atoms with van der Waals surface area (Å²) in [7, 11) is 0. The summed E-state index contributed by atoms with van der Waals surface area (Å²) in [5, 5.41) is 0. The Labute approximate surface area is 100 Å². The largest absolute Gasteiger partial charge is 0.207 e. The van der Waals surface area contributed by atoms with Gasteiger partial charge in [0, 0.05) is 0 Å². The third-order valence-corrected chi connectivity index (χ3v) is 3.20. The van der Waals surface area contributed by atoms with Gasteiger partial charge < -0.3 is 0 Å². The number of benzene rings is 2. The first kappa shape index (κ1) is 10.5. The van der Waals surface area contributed by atoms with Gasteiger partial charge in [0.15, 0.2) is 0 Å². The Balaban J connectivity index is 2.54. The van der Waals surface area contributed by atoms with Crippen molar-refractivity contribution in [1.29, 1.82) is 0 Å². The van der Waals surface area contributed by atoms with Crippen LogP contribution in [0.4, 0.5) is 8.78 Å². The van der Waals surface area contributed by atoms with E-state index in [9.17, 15) is 8.78 Å². The van der Waals surface area contributed by atoms with Crippen molar-refractivity contribution in [2.75, 3.05) is 0 Å². The molecule has 2 rings (SSSR count). The van der Waals surface area contributed by atoms with Gasteiger partial charge in [0.05, 0.1) is 3.57 Å². The van der Waals surface area contributed by atoms with Crippen LogP contribution in [0.5, 0.6) is 0 Å². The molecular weight excluding hydrogens is 309 g/mol. The first-order valence-electron chi connectivity index (χ1n) is 4.38. The van der Waals surface area contributed by atoms with Gasteiger partial charge >= 0.3 is 0 Å². The summed E-state index contributed by atoms with van der Waals surface area (Å²) in [6, 6.07) is 10.9. The fraction of sp³-hybridized carbons (Fsp3) is 0. The zero-order chi connectivity index (χ0) is 10.8. The van der Waals surface area contributed by atoms with Crippen LogP contribution in [0.1, 0.15) is 0 Å². The normalized spacial score (nSPS) is 10.3. The fourth-order valence-corrected chi connectivity index (χ4v) is 2.03. The molecule has 0 aliphatic heterocycles. The smallest absolute Gasteiger partial charge is 0.137 e. The maximum Gasteiger partial charge on any atom is 0.137 e. The highest BCUT2D eigenvalue weighted by molar-refractivity contribution is 14.1. The molecule has 0 bridgehead atoms. The van der Waals surface area contributed by atoms with Gasteiger partial charge in [-0.25, -0.2) is 8.78 Å². The van der Waals surface area contributed by atoms with Crippen molar-refractivity contribution in [3.05, 3.63) is 57.7 Å². The van der Waals surface area contributed by atoms with Crippen molar-refractivity contribution >= 4 is 22.6 Å². The molecule has 0 saturated heterocycles. The van der Waals surface area contributed by atoms with Crippen LogP contribution in [0.25, 0.3) is 11.1 Å². The van der Waals surface area contributed by atoms with Crippen LogP contribution in [0.15, 0.2) is 42.5 Å². The van der Waals surface area contributed by atoms with Crippen molar-refractivity contribution in [3.8, 4) is 11.1 Å². The van der Waals surface area contributed by atoms with Gasteiger partial charge in [0.1, 0.15) is 11.6 Å². The first-order valence-corrected chi connectivity index (χ1v) is 5.46. The predicted molar refractivity (Wildman–Crippen MR) is 64.5 cm³/mol. The summed E-state index contributed by atoms with van der Waals surface area (Å²) in [5.41, 5.74) is 1.61. The Hall–Kier alpha value is -0.970. The van der Waals surface area contributed by atoms with Crippen LogP contribution in [-0.2, 0) is 0 Å². The Morgan fingerprint density at radius 1 is 0.867 bits per heavy atom. The zero-order valence-corrected chi connectivity index (χ0v) is 9.83. The lowest BCUT2D eigenvalue weighted by molar-refractivity contribution is 0.621. The number of hydrogen-bond acceptors (Lipinski definition) is 0. The fourth-order valence-electron chi connectivity index (χ4n) is 1.36. The average molecular weight is 316 g/mol. The minimum Gasteiger partial charge on any atom is -0.207 e. The summed E-state index contributed by atoms with van der Waals surface area (Å²) in [6.45, 7) is 0. The Morgan fingerprint density at radius 3 is 2.20 bits per heavy atom. The predicted octanol–water partition coefficient (Wildman–Crippen LogP) is 4.24. The molecule has 0 unspecified atom stereocenters. The summed E-state index contributed by atoms with van der Waals surface area (Å²) in [6.07, 6.45) is 0. The standard InChI is InChI=1S/C12H7F2I/c13-9-6-4-8(5-7-9)10-2-1-3-11(14)12(10)15/h1-7H. The zero-order valence-electron chi connectivity index (χ0n) is 7.68. The molecule has 0 saturated carbocycles. The van der Waals surface area contributed by atoms with Crippen molar-refractivity contribution in [1.82, 2.24) is 0 Å². The summed E-state index contributed by atoms with van der Waals surface area (Å²) < 4.78 is 26.5. The molecule has 76 valence electrons. The van der Waals surface area contributed by atoms with Crippen molar-refractivity contribution in [2.45, 2.75) is 0 Å². The van der Waals surface area contributed by atoms with Crippen LogP contribution in [-0.4, -0.2) is 0 Å². The quantitative estimate of drug-likeness (QED) is 0.691. The number of hydrogen-bond donors (Lipinski definition) is 0. The van der Waals surface area contributed by atoms with Crippen LogP contribution in [0, 0.1) is 15.2 Å². The highest BCUT2D eigenvalue weighted by Crippen LogP contribution is 2.26. The summed E-state index contributed by atoms with van der Waals surface area (Å²) >= 11 is 1.95. The molecule has 0 aliphatic carbocycles. The SMILES string of the molecule is Fc1ccc(-c2cccc(F)c2I)cc1. The van der Waals surface area contributed by atoms with Gasteiger partial charge in [-0.2, -0.15) is 0 Å². The van der Waals surface area contributed by atoms with E-state index >= 15 is 0 Å². The van der Waals surface area contributed by atoms with Gasteiger partial charge in [-0.15, -0.1) is 0 Å². The van der Waals surface area contributed by atoms with E-state index in [1.807, 2.05) is 28.7 Å². The van der Waals surface area contributed by atoms with Crippen LogP contribution < -0.4 is 0 Å². The van der Waals surface area contributed by atoms with Crippen LogP contribution in [0.3, 0.4) is 0 Å². The molecule has 0 amide bonds. The van der Waals surface area contributed by atoms with E-state index in [0.29, 0.717) is 3.57 Å². The highest BCUT2D eigenvalue weighted by Gasteiger charge is 2.06. The van der Waals surface area contributed by atoms with Crippen molar-refractivity contribution < 1.29 is 8.78 Å². The molecule has 0 aliphatic rings. The van der Waals surface area contributed by atoms with E-state index in [2.05, 4.69) is 0 Å². The average Bonchev–Trinajstić information content (AvgIpc) is 2.24. The number of rotatable bonds is 1. The maximum atomic E-state index is 13.3. The second kappa shape index (κ2) is 4.26. The van der Waals surface area contributed by atoms with E-state index in [-0.39, 0.29) is 11.6 Å². The number of halogens is 3. The van der Waals surface area contributed by atoms with E-state index in [1.54, 1.807) is 18.2 Å². The molecular formula is C12H7F2I. The minimum absolute atomic E-state index is 0.252. The first-order chi connectivity index (χ1) is 7.18. The van der Waals surface area contributed by atoms with Gasteiger partial charge in [-0.1, -0.05) is 24.3 Å².